The number of ether oxygens (including phenoxy) is 1. The Hall–Kier alpha value is -1.93. The van der Waals surface area contributed by atoms with E-state index in [1.807, 2.05) is 13.8 Å². The van der Waals surface area contributed by atoms with Crippen molar-refractivity contribution in [3.05, 3.63) is 29.3 Å². The van der Waals surface area contributed by atoms with E-state index in [1.54, 1.807) is 13.0 Å². The van der Waals surface area contributed by atoms with Gasteiger partial charge < -0.3 is 10.1 Å². The highest BCUT2D eigenvalue weighted by atomic mass is 32.2. The van der Waals surface area contributed by atoms with Crippen molar-refractivity contribution in [3.8, 4) is 0 Å². The van der Waals surface area contributed by atoms with Crippen molar-refractivity contribution in [2.24, 2.45) is 0 Å². The van der Waals surface area contributed by atoms with Crippen LogP contribution in [0.3, 0.4) is 0 Å². The Kier molecular flexibility index (Phi) is 7.37. The summed E-state index contributed by atoms with van der Waals surface area (Å²) in [6.07, 6.45) is -0.211. The van der Waals surface area contributed by atoms with Crippen LogP contribution in [0.4, 0.5) is 0 Å². The van der Waals surface area contributed by atoms with E-state index >= 15 is 0 Å². The standard InChI is InChI=1S/C16H24N2O5S/c1-5-8-17-16(20)13(4)23-15(19)10-18-24(21,22)14-7-6-11(2)12(3)9-14/h6-7,9,13,18H,5,8,10H2,1-4H3,(H,17,20)/t13-/m0/s1. The molecule has 0 saturated heterocycles. The second-order valence-electron chi connectivity index (χ2n) is 5.49. The first-order valence-electron chi connectivity index (χ1n) is 7.71. The first-order valence-corrected chi connectivity index (χ1v) is 9.19. The second kappa shape index (κ2) is 8.79. The average molecular weight is 356 g/mol. The molecule has 0 aromatic heterocycles. The maximum atomic E-state index is 12.2. The Balaban J connectivity index is 2.59. The maximum Gasteiger partial charge on any atom is 0.321 e. The van der Waals surface area contributed by atoms with Crippen molar-refractivity contribution in [1.29, 1.82) is 0 Å². The van der Waals surface area contributed by atoms with Gasteiger partial charge in [-0.15, -0.1) is 0 Å². The molecule has 0 fully saturated rings. The van der Waals surface area contributed by atoms with Crippen molar-refractivity contribution >= 4 is 21.9 Å². The lowest BCUT2D eigenvalue weighted by molar-refractivity contribution is -0.153. The smallest absolute Gasteiger partial charge is 0.321 e. The summed E-state index contributed by atoms with van der Waals surface area (Å²) in [5.41, 5.74) is 1.81. The number of aryl methyl sites for hydroxylation is 2. The van der Waals surface area contributed by atoms with Gasteiger partial charge in [-0.2, -0.15) is 4.72 Å². The zero-order valence-electron chi connectivity index (χ0n) is 14.4. The molecule has 8 heteroatoms. The summed E-state index contributed by atoms with van der Waals surface area (Å²) < 4.78 is 31.4. The van der Waals surface area contributed by atoms with Crippen molar-refractivity contribution < 1.29 is 22.7 Å². The highest BCUT2D eigenvalue weighted by Gasteiger charge is 2.20. The fourth-order valence-corrected chi connectivity index (χ4v) is 2.86. The molecule has 0 bridgehead atoms. The normalized spacial score (nSPS) is 12.5. The predicted octanol–water partition coefficient (Wildman–Crippen LogP) is 1.04. The molecule has 7 nitrogen and oxygen atoms in total. The number of rotatable bonds is 8. The van der Waals surface area contributed by atoms with Crippen LogP contribution < -0.4 is 10.0 Å². The van der Waals surface area contributed by atoms with E-state index in [-0.39, 0.29) is 4.90 Å². The molecular formula is C16H24N2O5S. The number of nitrogens with one attached hydrogen (secondary N) is 2. The van der Waals surface area contributed by atoms with E-state index in [9.17, 15) is 18.0 Å². The van der Waals surface area contributed by atoms with E-state index in [0.29, 0.717) is 6.54 Å². The minimum atomic E-state index is -3.82. The lowest BCUT2D eigenvalue weighted by Gasteiger charge is -2.13. The number of carbonyl (C=O) groups excluding carboxylic acids is 2. The van der Waals surface area contributed by atoms with E-state index in [0.717, 1.165) is 17.5 Å². The Labute approximate surface area is 142 Å². The summed E-state index contributed by atoms with van der Waals surface area (Å²) in [5.74, 6) is -1.23. The molecule has 0 aliphatic heterocycles. The molecule has 134 valence electrons. The molecule has 0 aliphatic carbocycles. The van der Waals surface area contributed by atoms with Crippen LogP contribution in [0, 0.1) is 13.8 Å². The van der Waals surface area contributed by atoms with Crippen LogP contribution >= 0.6 is 0 Å². The van der Waals surface area contributed by atoms with E-state index < -0.39 is 34.5 Å². The van der Waals surface area contributed by atoms with Crippen molar-refractivity contribution in [2.45, 2.75) is 45.1 Å². The minimum absolute atomic E-state index is 0.0761. The summed E-state index contributed by atoms with van der Waals surface area (Å²) in [5, 5.41) is 2.59. The molecule has 1 atom stereocenters. The van der Waals surface area contributed by atoms with E-state index in [1.165, 1.54) is 19.1 Å². The molecule has 24 heavy (non-hydrogen) atoms. The van der Waals surface area contributed by atoms with Gasteiger partial charge in [0.15, 0.2) is 6.10 Å². The monoisotopic (exact) mass is 356 g/mol. The number of sulfonamides is 1. The Morgan fingerprint density at radius 3 is 2.46 bits per heavy atom. The minimum Gasteiger partial charge on any atom is -0.452 e. The fourth-order valence-electron chi connectivity index (χ4n) is 1.80. The summed E-state index contributed by atoms with van der Waals surface area (Å²) >= 11 is 0. The van der Waals surface area contributed by atoms with Gasteiger partial charge in [-0.1, -0.05) is 13.0 Å². The second-order valence-corrected chi connectivity index (χ2v) is 7.26. The fraction of sp³-hybridized carbons (Fsp3) is 0.500. The van der Waals surface area contributed by atoms with Gasteiger partial charge in [0.2, 0.25) is 10.0 Å². The molecule has 0 saturated carbocycles. The number of benzene rings is 1. The number of amides is 1. The lowest BCUT2D eigenvalue weighted by Crippen LogP contribution is -2.39. The zero-order valence-corrected chi connectivity index (χ0v) is 15.2. The molecule has 0 aliphatic rings. The molecule has 0 spiro atoms. The van der Waals surface area contributed by atoms with Crippen LogP contribution in [0.1, 0.15) is 31.4 Å². The number of esters is 1. The van der Waals surface area contributed by atoms with Crippen molar-refractivity contribution in [1.82, 2.24) is 10.0 Å². The van der Waals surface area contributed by atoms with E-state index in [2.05, 4.69) is 10.0 Å². The van der Waals surface area contributed by atoms with Crippen LogP contribution in [0.2, 0.25) is 0 Å². The van der Waals surface area contributed by atoms with Gasteiger partial charge in [-0.05, 0) is 50.5 Å². The highest BCUT2D eigenvalue weighted by Crippen LogP contribution is 2.14. The average Bonchev–Trinajstić information content (AvgIpc) is 2.53. The topological polar surface area (TPSA) is 102 Å². The summed E-state index contributed by atoms with van der Waals surface area (Å²) in [4.78, 5) is 23.4. The van der Waals surface area contributed by atoms with Crippen LogP contribution in [-0.4, -0.2) is 39.5 Å². The van der Waals surface area contributed by atoms with Gasteiger partial charge in [-0.3, -0.25) is 9.59 Å². The maximum absolute atomic E-state index is 12.2. The van der Waals surface area contributed by atoms with Crippen molar-refractivity contribution in [2.75, 3.05) is 13.1 Å². The quantitative estimate of drug-likeness (QED) is 0.678. The number of hydrogen-bond acceptors (Lipinski definition) is 5. The Morgan fingerprint density at radius 2 is 1.88 bits per heavy atom. The first-order chi connectivity index (χ1) is 11.2. The third-order valence-electron chi connectivity index (χ3n) is 3.42. The van der Waals surface area contributed by atoms with Gasteiger partial charge in [0.05, 0.1) is 4.90 Å². The molecule has 0 heterocycles. The first kappa shape index (κ1) is 20.1. The van der Waals surface area contributed by atoms with Crippen LogP contribution in [0.5, 0.6) is 0 Å². The summed E-state index contributed by atoms with van der Waals surface area (Å²) in [6.45, 7) is 6.96. The zero-order chi connectivity index (χ0) is 18.3. The van der Waals surface area contributed by atoms with Gasteiger partial charge in [0.1, 0.15) is 6.54 Å². The van der Waals surface area contributed by atoms with Crippen molar-refractivity contribution in [3.63, 3.8) is 0 Å². The molecule has 1 aromatic rings. The van der Waals surface area contributed by atoms with E-state index in [4.69, 9.17) is 4.74 Å². The number of hydrogen-bond donors (Lipinski definition) is 2. The Bertz CT molecular complexity index is 700. The molecule has 1 aromatic carbocycles. The van der Waals surface area contributed by atoms with Gasteiger partial charge >= 0.3 is 5.97 Å². The third kappa shape index (κ3) is 5.93. The third-order valence-corrected chi connectivity index (χ3v) is 4.82. The largest absolute Gasteiger partial charge is 0.452 e. The highest BCUT2D eigenvalue weighted by molar-refractivity contribution is 7.89. The van der Waals surface area contributed by atoms with Crippen LogP contribution in [0.25, 0.3) is 0 Å². The molecule has 1 amide bonds. The molecule has 2 N–H and O–H groups in total. The Morgan fingerprint density at radius 1 is 1.21 bits per heavy atom. The summed E-state index contributed by atoms with van der Waals surface area (Å²) in [7, 11) is -3.82. The molecule has 0 unspecified atom stereocenters. The van der Waals surface area contributed by atoms with Crippen LogP contribution in [-0.2, 0) is 24.3 Å². The van der Waals surface area contributed by atoms with Gasteiger partial charge in [0, 0.05) is 6.54 Å². The lowest BCUT2D eigenvalue weighted by atomic mass is 10.1. The van der Waals surface area contributed by atoms with Gasteiger partial charge in [0.25, 0.3) is 5.91 Å². The predicted molar refractivity (Wildman–Crippen MR) is 90.0 cm³/mol. The van der Waals surface area contributed by atoms with Gasteiger partial charge in [-0.25, -0.2) is 8.42 Å². The van der Waals surface area contributed by atoms with Crippen LogP contribution in [0.15, 0.2) is 23.1 Å². The molecule has 1 rings (SSSR count). The number of carbonyl (C=O) groups is 2. The molecule has 0 radical (unpaired) electrons. The SMILES string of the molecule is CCCNC(=O)[C@H](C)OC(=O)CNS(=O)(=O)c1ccc(C)c(C)c1. The molecular weight excluding hydrogens is 332 g/mol. The summed E-state index contributed by atoms with van der Waals surface area (Å²) in [6, 6.07) is 4.70.